The van der Waals surface area contributed by atoms with Gasteiger partial charge in [0.1, 0.15) is 0 Å². The number of hydrogen-bond acceptors (Lipinski definition) is 1. The minimum Gasteiger partial charge on any atom is -0.330 e. The topological polar surface area (TPSA) is 26.0 Å². The lowest BCUT2D eigenvalue weighted by Crippen LogP contribution is -2.22. The van der Waals surface area contributed by atoms with Gasteiger partial charge in [-0.3, -0.25) is 0 Å². The van der Waals surface area contributed by atoms with Crippen LogP contribution in [0.5, 0.6) is 0 Å². The highest BCUT2D eigenvalue weighted by Gasteiger charge is 2.45. The Balaban J connectivity index is 2.30. The molecule has 0 aromatic heterocycles. The smallest absolute Gasteiger partial charge is 0.252 e. The van der Waals surface area contributed by atoms with Crippen molar-refractivity contribution in [2.45, 2.75) is 25.2 Å². The van der Waals surface area contributed by atoms with Crippen molar-refractivity contribution in [3.63, 3.8) is 0 Å². The molecule has 2 N–H and O–H groups in total. The number of hydrogen-bond donors (Lipinski definition) is 1. The fraction of sp³-hybridized carbons (Fsp3) is 1.00. The van der Waals surface area contributed by atoms with Crippen LogP contribution in [0.25, 0.3) is 0 Å². The van der Waals surface area contributed by atoms with Crippen molar-refractivity contribution in [2.24, 2.45) is 11.7 Å². The zero-order valence-corrected chi connectivity index (χ0v) is 5.24. The van der Waals surface area contributed by atoms with Crippen molar-refractivity contribution in [3.8, 4) is 0 Å². The van der Waals surface area contributed by atoms with Crippen molar-refractivity contribution in [1.82, 2.24) is 0 Å². The van der Waals surface area contributed by atoms with Crippen LogP contribution in [0.2, 0.25) is 0 Å². The summed E-state index contributed by atoms with van der Waals surface area (Å²) < 4.78 is 25.1. The lowest BCUT2D eigenvalue weighted by molar-refractivity contribution is -0.0280. The first-order chi connectivity index (χ1) is 4.17. The van der Waals surface area contributed by atoms with Crippen molar-refractivity contribution in [1.29, 1.82) is 0 Å². The largest absolute Gasteiger partial charge is 0.330 e. The SMILES string of the molecule is NCCC(F)(F)C1CC1. The van der Waals surface area contributed by atoms with Gasteiger partial charge >= 0.3 is 0 Å². The molecule has 9 heavy (non-hydrogen) atoms. The minimum atomic E-state index is -2.46. The average Bonchev–Trinajstić information content (AvgIpc) is 2.41. The van der Waals surface area contributed by atoms with Gasteiger partial charge in [-0.05, 0) is 19.4 Å². The summed E-state index contributed by atoms with van der Waals surface area (Å²) in [6.45, 7) is 0.101. The third-order valence-electron chi connectivity index (χ3n) is 1.65. The third-order valence-corrected chi connectivity index (χ3v) is 1.65. The molecule has 0 radical (unpaired) electrons. The van der Waals surface area contributed by atoms with Gasteiger partial charge < -0.3 is 5.73 Å². The molecule has 0 spiro atoms. The van der Waals surface area contributed by atoms with Crippen molar-refractivity contribution >= 4 is 0 Å². The van der Waals surface area contributed by atoms with E-state index < -0.39 is 5.92 Å². The molecule has 1 saturated carbocycles. The molecule has 0 bridgehead atoms. The van der Waals surface area contributed by atoms with Crippen molar-refractivity contribution in [3.05, 3.63) is 0 Å². The standard InChI is InChI=1S/C6H11F2N/c7-6(8,3-4-9)5-1-2-5/h5H,1-4,9H2. The van der Waals surface area contributed by atoms with Crippen LogP contribution < -0.4 is 5.73 Å². The van der Waals surface area contributed by atoms with Gasteiger partial charge in [0.2, 0.25) is 0 Å². The molecule has 1 aliphatic carbocycles. The van der Waals surface area contributed by atoms with E-state index in [1.165, 1.54) is 0 Å². The molecule has 54 valence electrons. The second kappa shape index (κ2) is 2.21. The van der Waals surface area contributed by atoms with Gasteiger partial charge in [0.15, 0.2) is 0 Å². The van der Waals surface area contributed by atoms with Gasteiger partial charge in [0.05, 0.1) is 0 Å². The highest BCUT2D eigenvalue weighted by molar-refractivity contribution is 4.87. The van der Waals surface area contributed by atoms with E-state index in [1.807, 2.05) is 0 Å². The quantitative estimate of drug-likeness (QED) is 0.621. The molecule has 0 heterocycles. The van der Waals surface area contributed by atoms with Gasteiger partial charge in [0, 0.05) is 12.3 Å². The van der Waals surface area contributed by atoms with Crippen LogP contribution in [0.3, 0.4) is 0 Å². The zero-order chi connectivity index (χ0) is 6.91. The molecule has 1 fully saturated rings. The monoisotopic (exact) mass is 135 g/mol. The first-order valence-electron chi connectivity index (χ1n) is 3.24. The molecule has 0 unspecified atom stereocenters. The maximum Gasteiger partial charge on any atom is 0.252 e. The maximum absolute atomic E-state index is 12.5. The van der Waals surface area contributed by atoms with E-state index >= 15 is 0 Å². The summed E-state index contributed by atoms with van der Waals surface area (Å²) in [6.07, 6.45) is 1.23. The second-order valence-electron chi connectivity index (χ2n) is 2.57. The molecule has 0 atom stereocenters. The summed E-state index contributed by atoms with van der Waals surface area (Å²) >= 11 is 0. The lowest BCUT2D eigenvalue weighted by Gasteiger charge is -2.12. The maximum atomic E-state index is 12.5. The first kappa shape index (κ1) is 6.93. The van der Waals surface area contributed by atoms with E-state index in [1.54, 1.807) is 0 Å². The molecule has 1 nitrogen and oxygen atoms in total. The van der Waals surface area contributed by atoms with Crippen LogP contribution >= 0.6 is 0 Å². The van der Waals surface area contributed by atoms with E-state index in [0.29, 0.717) is 12.8 Å². The molecule has 0 amide bonds. The number of rotatable bonds is 3. The fourth-order valence-electron chi connectivity index (χ4n) is 0.902. The molecule has 3 heteroatoms. The molecule has 0 aromatic rings. The Morgan fingerprint density at radius 2 is 2.00 bits per heavy atom. The highest BCUT2D eigenvalue weighted by Crippen LogP contribution is 2.44. The van der Waals surface area contributed by atoms with Crippen molar-refractivity contribution < 1.29 is 8.78 Å². The number of alkyl halides is 2. The van der Waals surface area contributed by atoms with Crippen LogP contribution in [0.15, 0.2) is 0 Å². The molecule has 0 aliphatic heterocycles. The van der Waals surface area contributed by atoms with Crippen LogP contribution in [-0.2, 0) is 0 Å². The van der Waals surface area contributed by atoms with Gasteiger partial charge in [-0.2, -0.15) is 0 Å². The van der Waals surface area contributed by atoms with Crippen LogP contribution in [0.1, 0.15) is 19.3 Å². The van der Waals surface area contributed by atoms with E-state index in [4.69, 9.17) is 5.73 Å². The predicted octanol–water partition coefficient (Wildman–Crippen LogP) is 1.38. The van der Waals surface area contributed by atoms with Gasteiger partial charge in [-0.25, -0.2) is 8.78 Å². The van der Waals surface area contributed by atoms with E-state index in [-0.39, 0.29) is 18.9 Å². The second-order valence-corrected chi connectivity index (χ2v) is 2.57. The molecular weight excluding hydrogens is 124 g/mol. The van der Waals surface area contributed by atoms with Gasteiger partial charge in [0.25, 0.3) is 5.92 Å². The Bertz CT molecular complexity index is 99.2. The predicted molar refractivity (Wildman–Crippen MR) is 31.3 cm³/mol. The highest BCUT2D eigenvalue weighted by atomic mass is 19.3. The Kier molecular flexibility index (Phi) is 1.70. The fourth-order valence-corrected chi connectivity index (χ4v) is 0.902. The van der Waals surface area contributed by atoms with Crippen LogP contribution in [0, 0.1) is 5.92 Å². The average molecular weight is 135 g/mol. The van der Waals surface area contributed by atoms with Gasteiger partial charge in [-0.15, -0.1) is 0 Å². The van der Waals surface area contributed by atoms with Gasteiger partial charge in [-0.1, -0.05) is 0 Å². The zero-order valence-electron chi connectivity index (χ0n) is 5.24. The molecule has 1 aliphatic rings. The first-order valence-corrected chi connectivity index (χ1v) is 3.24. The number of nitrogens with two attached hydrogens (primary N) is 1. The molecular formula is C6H11F2N. The summed E-state index contributed by atoms with van der Waals surface area (Å²) in [6, 6.07) is 0. The van der Waals surface area contributed by atoms with E-state index in [0.717, 1.165) is 0 Å². The van der Waals surface area contributed by atoms with E-state index in [2.05, 4.69) is 0 Å². The molecule has 1 rings (SSSR count). The molecule has 0 saturated heterocycles. The minimum absolute atomic E-state index is 0.101. The Hall–Kier alpha value is -0.180. The summed E-state index contributed by atoms with van der Waals surface area (Å²) in [4.78, 5) is 0. The Morgan fingerprint density at radius 1 is 1.44 bits per heavy atom. The lowest BCUT2D eigenvalue weighted by atomic mass is 10.1. The Morgan fingerprint density at radius 3 is 2.33 bits per heavy atom. The van der Waals surface area contributed by atoms with E-state index in [9.17, 15) is 8.78 Å². The summed E-state index contributed by atoms with van der Waals surface area (Å²) in [5, 5.41) is 0. The van der Waals surface area contributed by atoms with Crippen molar-refractivity contribution in [2.75, 3.05) is 6.54 Å². The summed E-state index contributed by atoms with van der Waals surface area (Å²) in [7, 11) is 0. The number of halogens is 2. The van der Waals surface area contributed by atoms with Crippen LogP contribution in [0.4, 0.5) is 8.78 Å². The summed E-state index contributed by atoms with van der Waals surface area (Å²) in [5.74, 6) is -2.81. The third kappa shape index (κ3) is 1.61. The molecule has 0 aromatic carbocycles. The normalized spacial score (nSPS) is 20.3. The summed E-state index contributed by atoms with van der Waals surface area (Å²) in [5.41, 5.74) is 5.00. The van der Waals surface area contributed by atoms with Crippen LogP contribution in [-0.4, -0.2) is 12.5 Å². The Labute approximate surface area is 53.2 Å².